The van der Waals surface area contributed by atoms with Gasteiger partial charge in [-0.25, -0.2) is 4.79 Å². The Morgan fingerprint density at radius 2 is 1.06 bits per heavy atom. The van der Waals surface area contributed by atoms with Crippen LogP contribution in [0.2, 0.25) is 46.3 Å². The third-order valence-electron chi connectivity index (χ3n) is 17.5. The second-order valence-corrected chi connectivity index (χ2v) is 44.0. The van der Waals surface area contributed by atoms with E-state index in [1.165, 1.54) is 31.9 Å². The Hall–Kier alpha value is -4.24. The number of benzene rings is 4. The predicted molar refractivity (Wildman–Crippen MR) is 347 cm³/mol. The van der Waals surface area contributed by atoms with Crippen molar-refractivity contribution in [1.82, 2.24) is 0 Å². The number of esters is 1. The molecule has 0 fully saturated rings. The Morgan fingerprint density at radius 3 is 1.48 bits per heavy atom. The summed E-state index contributed by atoms with van der Waals surface area (Å²) in [6.07, 6.45) is 13.6. The van der Waals surface area contributed by atoms with Gasteiger partial charge in [-0.15, -0.1) is 0 Å². The fourth-order valence-electron chi connectivity index (χ4n) is 11.3. The van der Waals surface area contributed by atoms with E-state index in [2.05, 4.69) is 276 Å². The highest BCUT2D eigenvalue weighted by atomic mass is 28.4. The third kappa shape index (κ3) is 15.9. The lowest BCUT2D eigenvalue weighted by Gasteiger charge is -2.45. The average molecular weight is 1140 g/mol. The molecule has 0 saturated carbocycles. The molecular weight excluding hydrogens is 1040 g/mol. The van der Waals surface area contributed by atoms with Gasteiger partial charge in [0, 0.05) is 12.3 Å². The van der Waals surface area contributed by atoms with Crippen LogP contribution in [0.4, 0.5) is 0 Å². The molecule has 6 nitrogen and oxygen atoms in total. The van der Waals surface area contributed by atoms with Crippen LogP contribution in [0.5, 0.6) is 0 Å². The molecule has 1 unspecified atom stereocenters. The lowest BCUT2D eigenvalue weighted by Crippen LogP contribution is -2.68. The summed E-state index contributed by atoms with van der Waals surface area (Å²) in [6, 6.07) is 46.5. The molecule has 0 saturated heterocycles. The number of cyclic esters (lactones) is 1. The van der Waals surface area contributed by atoms with E-state index < -0.39 is 51.4 Å². The minimum atomic E-state index is -3.07. The van der Waals surface area contributed by atoms with Crippen LogP contribution in [-0.4, -0.2) is 70.3 Å². The van der Waals surface area contributed by atoms with E-state index in [-0.39, 0.29) is 39.8 Å². The second-order valence-electron chi connectivity index (χ2n) is 25.9. The van der Waals surface area contributed by atoms with Crippen LogP contribution in [0.3, 0.4) is 0 Å². The third-order valence-corrected chi connectivity index (χ3v) is 36.7. The largest absolute Gasteiger partial charge is 0.456 e. The van der Waals surface area contributed by atoms with Gasteiger partial charge in [-0.2, -0.15) is 0 Å². The number of rotatable bonds is 18. The monoisotopic (exact) mass is 1140 g/mol. The first-order chi connectivity index (χ1) is 37.2. The number of carbonyl (C=O) groups is 1. The number of carbonyl (C=O) groups excluding carboxylic acids is 1. The molecule has 10 heteroatoms. The van der Waals surface area contributed by atoms with Crippen LogP contribution in [0, 0.1) is 5.92 Å². The first kappa shape index (κ1) is 65.6. The van der Waals surface area contributed by atoms with Gasteiger partial charge in [-0.05, 0) is 125 Å². The summed E-state index contributed by atoms with van der Waals surface area (Å²) in [5, 5.41) is 4.22. The van der Waals surface area contributed by atoms with Crippen molar-refractivity contribution in [3.63, 3.8) is 0 Å². The fourth-order valence-corrected chi connectivity index (χ4v) is 24.6. The fraction of sp³-hybridized carbons (Fsp3) is 0.493. The van der Waals surface area contributed by atoms with Crippen molar-refractivity contribution in [2.75, 3.05) is 6.61 Å². The average Bonchev–Trinajstić information content (AvgIpc) is 3.56. The maximum absolute atomic E-state index is 15.3. The van der Waals surface area contributed by atoms with Crippen molar-refractivity contribution in [2.45, 2.75) is 208 Å². The molecule has 0 radical (unpaired) electrons. The van der Waals surface area contributed by atoms with E-state index in [0.29, 0.717) is 18.4 Å². The van der Waals surface area contributed by atoms with E-state index >= 15 is 4.79 Å². The molecule has 0 aliphatic carbocycles. The Bertz CT molecular complexity index is 2600. The zero-order valence-corrected chi connectivity index (χ0v) is 56.3. The van der Waals surface area contributed by atoms with Crippen molar-refractivity contribution < 1.29 is 27.2 Å². The standard InChI is InChI=1S/C69H102O6Si4/c1-20-57-51-54(6)63(74-79(69(15,16)17,61-43-32-26-33-44-61)62-45-34-27-35-46-62)47-37-36-38-58(52-71-76(18,19)67(9,10)11)66(70)72-64(49-48-53(5)50-55(7)65(57)75-77(21-2,22-3)23-4)56(8)73-78(68(12,13)14,59-39-28-24-29-40-59)60-41-30-25-31-42-60/h24-46,48,50-51,56-57,63-65H,20-23,47,49,52H2,1-19H3/b37-36+,53-48+,54-51-,55-50+,58-38-/t56-,57?,63+,64+,65+/m1/s1. The molecule has 4 aromatic carbocycles. The number of ether oxygens (including phenoxy) is 1. The number of allylic oxidation sites excluding steroid dienone is 4. The van der Waals surface area contributed by atoms with Gasteiger partial charge in [0.1, 0.15) is 6.10 Å². The summed E-state index contributed by atoms with van der Waals surface area (Å²) in [6.45, 7) is 43.3. The number of hydrogen-bond acceptors (Lipinski definition) is 6. The van der Waals surface area contributed by atoms with Crippen LogP contribution >= 0.6 is 0 Å². The van der Waals surface area contributed by atoms with Crippen molar-refractivity contribution in [3.8, 4) is 0 Å². The molecule has 430 valence electrons. The normalized spacial score (nSPS) is 22.8. The molecule has 4 aromatic rings. The minimum Gasteiger partial charge on any atom is -0.456 e. The van der Waals surface area contributed by atoms with Gasteiger partial charge in [0.25, 0.3) is 16.6 Å². The first-order valence-corrected chi connectivity index (χ1v) is 38.9. The molecular formula is C69H102O6Si4. The summed E-state index contributed by atoms with van der Waals surface area (Å²) in [7, 11) is -10.5. The van der Waals surface area contributed by atoms with Crippen molar-refractivity contribution in [3.05, 3.63) is 180 Å². The zero-order chi connectivity index (χ0) is 58.5. The molecule has 0 bridgehead atoms. The van der Waals surface area contributed by atoms with E-state index in [9.17, 15) is 0 Å². The SMILES string of the molecule is CCC1/C=C(/C)[C@@H](O[Si](c2ccccc2)(c2ccccc2)C(C)(C)C)C/C=C/C=C(/CO[Si](C)(C)C(C)(C)C)C(=O)O[C@H]([C@@H](C)O[Si](c2ccccc2)(c2ccccc2)C(C)(C)C)C/C=C(C)/C=C(\C)[C@@H]1O[Si](CC)(CC)CC. The molecule has 0 spiro atoms. The van der Waals surface area contributed by atoms with Crippen LogP contribution in [0.15, 0.2) is 180 Å². The molecule has 5 rings (SSSR count). The molecule has 79 heavy (non-hydrogen) atoms. The van der Waals surface area contributed by atoms with Crippen molar-refractivity contribution >= 4 is 60.0 Å². The van der Waals surface area contributed by atoms with Crippen LogP contribution in [-0.2, 0) is 27.2 Å². The predicted octanol–water partition coefficient (Wildman–Crippen LogP) is 16.4. The Morgan fingerprint density at radius 1 is 0.608 bits per heavy atom. The molecule has 1 heterocycles. The summed E-state index contributed by atoms with van der Waals surface area (Å²) in [4.78, 5) is 15.3. The lowest BCUT2D eigenvalue weighted by atomic mass is 9.90. The Kier molecular flexibility index (Phi) is 23.4. The summed E-state index contributed by atoms with van der Waals surface area (Å²) >= 11 is 0. The topological polar surface area (TPSA) is 63.2 Å². The van der Waals surface area contributed by atoms with E-state index in [0.717, 1.165) is 30.1 Å². The van der Waals surface area contributed by atoms with Gasteiger partial charge in [-0.3, -0.25) is 0 Å². The summed E-state index contributed by atoms with van der Waals surface area (Å²) < 4.78 is 37.3. The summed E-state index contributed by atoms with van der Waals surface area (Å²) in [5.41, 5.74) is 3.93. The van der Waals surface area contributed by atoms with Gasteiger partial charge in [0.15, 0.2) is 16.6 Å². The van der Waals surface area contributed by atoms with E-state index in [4.69, 9.17) is 22.4 Å². The van der Waals surface area contributed by atoms with Gasteiger partial charge in [-0.1, -0.05) is 247 Å². The quantitative estimate of drug-likeness (QED) is 0.0562. The van der Waals surface area contributed by atoms with E-state index in [1.807, 2.05) is 12.2 Å². The highest BCUT2D eigenvalue weighted by molar-refractivity contribution is 7.00. The highest BCUT2D eigenvalue weighted by Gasteiger charge is 2.53. The van der Waals surface area contributed by atoms with Gasteiger partial charge >= 0.3 is 5.97 Å². The maximum atomic E-state index is 15.3. The Balaban J connectivity index is 1.79. The zero-order valence-electron chi connectivity index (χ0n) is 52.3. The Labute approximate surface area is 484 Å². The van der Waals surface area contributed by atoms with E-state index in [1.54, 1.807) is 0 Å². The maximum Gasteiger partial charge on any atom is 0.336 e. The van der Waals surface area contributed by atoms with Crippen molar-refractivity contribution in [1.29, 1.82) is 0 Å². The molecule has 5 atom stereocenters. The summed E-state index contributed by atoms with van der Waals surface area (Å²) in [5.74, 6) is -0.318. The molecule has 0 N–H and O–H groups in total. The van der Waals surface area contributed by atoms with Crippen LogP contribution in [0.1, 0.15) is 137 Å². The first-order valence-electron chi connectivity index (χ1n) is 29.6. The van der Waals surface area contributed by atoms with Gasteiger partial charge in [0.2, 0.25) is 0 Å². The number of hydrogen-bond donors (Lipinski definition) is 0. The molecule has 1 aliphatic heterocycles. The van der Waals surface area contributed by atoms with Gasteiger partial charge in [0.05, 0.1) is 30.5 Å². The van der Waals surface area contributed by atoms with Crippen LogP contribution < -0.4 is 20.7 Å². The molecule has 0 amide bonds. The highest BCUT2D eigenvalue weighted by Crippen LogP contribution is 2.42. The molecule has 0 aromatic heterocycles. The minimum absolute atomic E-state index is 0.0689. The smallest absolute Gasteiger partial charge is 0.336 e. The van der Waals surface area contributed by atoms with Crippen LogP contribution in [0.25, 0.3) is 0 Å². The molecule has 1 aliphatic rings. The lowest BCUT2D eigenvalue weighted by molar-refractivity contribution is -0.149. The second kappa shape index (κ2) is 28.2. The van der Waals surface area contributed by atoms with Gasteiger partial charge < -0.3 is 22.4 Å². The van der Waals surface area contributed by atoms with Crippen molar-refractivity contribution in [2.24, 2.45) is 5.92 Å².